The van der Waals surface area contributed by atoms with Gasteiger partial charge in [-0.25, -0.2) is 14.6 Å². The Bertz CT molecular complexity index is 1670. The Hall–Kier alpha value is -4.37. The van der Waals surface area contributed by atoms with Crippen molar-refractivity contribution in [2.45, 2.75) is 78.7 Å². The molecule has 0 bridgehead atoms. The number of benzene rings is 2. The zero-order valence-corrected chi connectivity index (χ0v) is 35.2. The molecule has 4 atom stereocenters. The van der Waals surface area contributed by atoms with Gasteiger partial charge in [-0.05, 0) is 40.5 Å². The number of nitrogens with zero attached hydrogens (tertiary/aromatic N) is 2. The first-order chi connectivity index (χ1) is 25.2. The third-order valence-corrected chi connectivity index (χ3v) is 8.03. The zero-order valence-electron chi connectivity index (χ0n) is 32.4. The molecular formula is C38H52BN7O8Y. The number of pyridine rings is 1. The number of hydrazine groups is 1. The van der Waals surface area contributed by atoms with Crippen LogP contribution in [0.3, 0.4) is 0 Å². The van der Waals surface area contributed by atoms with Gasteiger partial charge < -0.3 is 36.0 Å². The number of rotatable bonds is 14. The van der Waals surface area contributed by atoms with Crippen LogP contribution in [-0.2, 0) is 60.0 Å². The molecule has 0 aliphatic heterocycles. The van der Waals surface area contributed by atoms with Crippen molar-refractivity contribution in [1.82, 2.24) is 31.4 Å². The SMILES string of the molecule is COC(=O)N[C@H](C(=O)NN(Cc1ccc(-c2ccccn2)cc1)C[C@H](O)[C@H](Cc1ccccc1)NC(=O)[C@@H](NC(=O)O)C(C)(C)C)C(C)(C)C.[B]C(=N)O.[Y]. The first-order valence-electron chi connectivity index (χ1n) is 17.2. The molecule has 8 N–H and O–H groups in total. The number of amides is 4. The molecule has 15 nitrogen and oxygen atoms in total. The maximum atomic E-state index is 13.8. The summed E-state index contributed by atoms with van der Waals surface area (Å²) in [7, 11) is 5.46. The van der Waals surface area contributed by atoms with E-state index in [0.717, 1.165) is 22.4 Å². The fraction of sp³-hybridized carbons (Fsp3) is 0.421. The van der Waals surface area contributed by atoms with Crippen molar-refractivity contribution in [1.29, 1.82) is 5.41 Å². The number of hydrogen-bond donors (Lipinski definition) is 8. The Kier molecular flexibility index (Phi) is 20.2. The Morgan fingerprint density at radius 1 is 0.818 bits per heavy atom. The Morgan fingerprint density at radius 2 is 1.36 bits per heavy atom. The molecule has 0 unspecified atom stereocenters. The third kappa shape index (κ3) is 17.8. The molecule has 293 valence electrons. The van der Waals surface area contributed by atoms with Crippen LogP contribution in [0.1, 0.15) is 52.7 Å². The van der Waals surface area contributed by atoms with Crippen LogP contribution in [0.4, 0.5) is 9.59 Å². The number of aliphatic hydroxyl groups excluding tert-OH is 2. The average molecular weight is 835 g/mol. The predicted molar refractivity (Wildman–Crippen MR) is 206 cm³/mol. The monoisotopic (exact) mass is 834 g/mol. The minimum absolute atomic E-state index is 0. The van der Waals surface area contributed by atoms with Gasteiger partial charge in [0.15, 0.2) is 7.85 Å². The fourth-order valence-electron chi connectivity index (χ4n) is 5.33. The van der Waals surface area contributed by atoms with Crippen molar-refractivity contribution >= 4 is 37.6 Å². The van der Waals surface area contributed by atoms with Gasteiger partial charge in [0, 0.05) is 57.6 Å². The molecule has 3 radical (unpaired) electrons. The molecule has 0 saturated heterocycles. The van der Waals surface area contributed by atoms with Crippen LogP contribution in [-0.4, -0.2) is 101 Å². The molecule has 1 heterocycles. The van der Waals surface area contributed by atoms with Crippen molar-refractivity contribution in [3.8, 4) is 11.3 Å². The Morgan fingerprint density at radius 3 is 1.85 bits per heavy atom. The van der Waals surface area contributed by atoms with Gasteiger partial charge in [-0.1, -0.05) is 102 Å². The molecule has 1 aromatic heterocycles. The van der Waals surface area contributed by atoms with E-state index in [1.807, 2.05) is 72.8 Å². The topological polar surface area (TPSA) is 226 Å². The number of carbonyl (C=O) groups excluding carboxylic acids is 3. The fourth-order valence-corrected chi connectivity index (χ4v) is 5.33. The van der Waals surface area contributed by atoms with Crippen LogP contribution in [0.2, 0.25) is 0 Å². The van der Waals surface area contributed by atoms with Gasteiger partial charge in [0.2, 0.25) is 5.91 Å². The van der Waals surface area contributed by atoms with Gasteiger partial charge in [-0.3, -0.25) is 25.4 Å². The van der Waals surface area contributed by atoms with Crippen LogP contribution in [0.25, 0.3) is 11.3 Å². The smallest absolute Gasteiger partial charge is 0.407 e. The summed E-state index contributed by atoms with van der Waals surface area (Å²) < 4.78 is 4.76. The van der Waals surface area contributed by atoms with Gasteiger partial charge in [-0.2, -0.15) is 0 Å². The number of carboxylic acid groups (broad SMARTS) is 1. The molecule has 0 saturated carbocycles. The second-order valence-corrected chi connectivity index (χ2v) is 14.7. The number of ether oxygens (including phenoxy) is 1. The molecule has 0 fully saturated rings. The molecule has 3 rings (SSSR count). The van der Waals surface area contributed by atoms with E-state index in [0.29, 0.717) is 0 Å². The molecule has 17 heteroatoms. The van der Waals surface area contributed by atoms with Crippen molar-refractivity contribution in [2.24, 2.45) is 10.8 Å². The molecule has 2 aromatic carbocycles. The van der Waals surface area contributed by atoms with E-state index >= 15 is 0 Å². The summed E-state index contributed by atoms with van der Waals surface area (Å²) in [5, 5.41) is 43.8. The van der Waals surface area contributed by atoms with E-state index in [2.05, 4.69) is 34.2 Å². The molecule has 55 heavy (non-hydrogen) atoms. The van der Waals surface area contributed by atoms with Crippen molar-refractivity contribution in [3.05, 3.63) is 90.1 Å². The van der Waals surface area contributed by atoms with Crippen LogP contribution < -0.4 is 21.4 Å². The average Bonchev–Trinajstić information content (AvgIpc) is 3.08. The number of carbonyl (C=O) groups is 4. The minimum atomic E-state index is -1.35. The normalized spacial score (nSPS) is 13.3. The molecule has 0 aliphatic rings. The van der Waals surface area contributed by atoms with Gasteiger partial charge in [0.1, 0.15) is 17.9 Å². The van der Waals surface area contributed by atoms with E-state index in [4.69, 9.17) is 15.3 Å². The van der Waals surface area contributed by atoms with Gasteiger partial charge in [0.25, 0.3) is 5.91 Å². The van der Waals surface area contributed by atoms with Gasteiger partial charge in [-0.15, -0.1) is 0 Å². The number of aliphatic hydroxyl groups is 2. The number of hydrogen-bond acceptors (Lipinski definition) is 9. The summed E-state index contributed by atoms with van der Waals surface area (Å²) in [4.78, 5) is 55.5. The van der Waals surface area contributed by atoms with Crippen LogP contribution in [0, 0.1) is 16.2 Å². The first-order valence-corrected chi connectivity index (χ1v) is 17.2. The van der Waals surface area contributed by atoms with Crippen LogP contribution in [0.5, 0.6) is 0 Å². The number of aromatic nitrogens is 1. The summed E-state index contributed by atoms with van der Waals surface area (Å²) in [5.41, 5.74) is 4.70. The standard InChI is InChI=1S/C37H50N6O7.CH2BNO.Y/c1-36(2,3)30(40-34(47)48)32(45)39-28(21-24-13-9-8-10-14-24)29(44)23-43(42-33(46)31(37(4,5)6)41-35(49)50-7)22-25-16-18-26(19-17-25)27-15-11-12-20-38-27;2-1(3)4;/h8-20,28-31,40,44H,21-23H2,1-7H3,(H,39,45)(H,41,49)(H,42,46)(H,47,48);(H2,3,4);/t28-,29-,30+,31+;;/m0../s1. The number of methoxy groups -OCH3 is 1. The Balaban J connectivity index is 0.00000288. The Labute approximate surface area is 349 Å². The molecule has 0 aliphatic carbocycles. The van der Waals surface area contributed by atoms with Crippen LogP contribution in [0.15, 0.2) is 79.0 Å². The maximum Gasteiger partial charge on any atom is 0.407 e. The molecular weight excluding hydrogens is 782 g/mol. The summed E-state index contributed by atoms with van der Waals surface area (Å²) in [5.74, 6) is -1.97. The van der Waals surface area contributed by atoms with Gasteiger partial charge >= 0.3 is 12.2 Å². The quantitative estimate of drug-likeness (QED) is 0.0508. The largest absolute Gasteiger partial charge is 0.507 e. The second kappa shape index (κ2) is 22.9. The minimum Gasteiger partial charge on any atom is -0.507 e. The summed E-state index contributed by atoms with van der Waals surface area (Å²) in [6, 6.07) is 19.5. The maximum absolute atomic E-state index is 13.8. The summed E-state index contributed by atoms with van der Waals surface area (Å²) in [6.07, 6.45) is -1.45. The van der Waals surface area contributed by atoms with Crippen molar-refractivity contribution in [3.63, 3.8) is 0 Å². The van der Waals surface area contributed by atoms with Gasteiger partial charge in [0.05, 0.1) is 24.9 Å². The first kappa shape index (κ1) is 48.6. The molecule has 4 amide bonds. The van der Waals surface area contributed by atoms with Crippen LogP contribution >= 0.6 is 0 Å². The molecule has 3 aromatic rings. The van der Waals surface area contributed by atoms with E-state index < -0.39 is 64.9 Å². The van der Waals surface area contributed by atoms with Crippen molar-refractivity contribution < 1.29 is 71.9 Å². The zero-order chi connectivity index (χ0) is 40.6. The molecule has 0 spiro atoms. The van der Waals surface area contributed by atoms with E-state index in [9.17, 15) is 29.4 Å². The summed E-state index contributed by atoms with van der Waals surface area (Å²) in [6.45, 7) is 10.6. The van der Waals surface area contributed by atoms with E-state index in [1.165, 1.54) is 12.1 Å². The van der Waals surface area contributed by atoms with Crippen molar-refractivity contribution in [2.75, 3.05) is 13.7 Å². The second-order valence-electron chi connectivity index (χ2n) is 14.7. The van der Waals surface area contributed by atoms with E-state index in [-0.39, 0.29) is 52.2 Å². The summed E-state index contributed by atoms with van der Waals surface area (Å²) >= 11 is 0. The third-order valence-electron chi connectivity index (χ3n) is 8.03. The predicted octanol–water partition coefficient (Wildman–Crippen LogP) is 3.77. The number of nitrogens with one attached hydrogen (secondary N) is 5. The van der Waals surface area contributed by atoms with E-state index in [1.54, 1.807) is 47.7 Å². The number of alkyl carbamates (subject to hydrolysis) is 1.